The summed E-state index contributed by atoms with van der Waals surface area (Å²) in [5.41, 5.74) is 1.86. The SMILES string of the molecule is CCCp1oc2ccccc2c2ccccc2o1. The van der Waals surface area contributed by atoms with Crippen molar-refractivity contribution in [3.05, 3.63) is 48.5 Å². The number of hydrogen-bond donors (Lipinski definition) is 0. The van der Waals surface area contributed by atoms with Crippen LogP contribution < -0.4 is 0 Å². The van der Waals surface area contributed by atoms with Gasteiger partial charge in [-0.05, 0) is 18.6 Å². The maximum atomic E-state index is 6.02. The average molecular weight is 258 g/mol. The Morgan fingerprint density at radius 1 is 0.833 bits per heavy atom. The molecule has 0 saturated heterocycles. The Kier molecular flexibility index (Phi) is 3.12. The lowest BCUT2D eigenvalue weighted by atomic mass is 10.1. The minimum Gasteiger partial charge on any atom is -0.419 e. The van der Waals surface area contributed by atoms with E-state index in [1.807, 2.05) is 36.4 Å². The Labute approximate surface area is 107 Å². The monoisotopic (exact) mass is 258 g/mol. The highest BCUT2D eigenvalue weighted by atomic mass is 31.1. The van der Waals surface area contributed by atoms with Gasteiger partial charge >= 0.3 is 0 Å². The van der Waals surface area contributed by atoms with E-state index in [1.165, 1.54) is 0 Å². The number of hydrogen-bond acceptors (Lipinski definition) is 2. The molecule has 0 aliphatic rings. The first kappa shape index (κ1) is 11.4. The van der Waals surface area contributed by atoms with Gasteiger partial charge in [0.2, 0.25) is 8.01 Å². The quantitative estimate of drug-likeness (QED) is 0.589. The van der Waals surface area contributed by atoms with Crippen molar-refractivity contribution in [2.24, 2.45) is 0 Å². The molecule has 1 aromatic heterocycles. The Morgan fingerprint density at radius 2 is 1.33 bits per heavy atom. The zero-order chi connectivity index (χ0) is 12.4. The maximum absolute atomic E-state index is 6.02. The summed E-state index contributed by atoms with van der Waals surface area (Å²) < 4.78 is 12.0. The molecule has 0 aliphatic carbocycles. The van der Waals surface area contributed by atoms with Gasteiger partial charge < -0.3 is 8.39 Å². The third kappa shape index (κ3) is 2.04. The average Bonchev–Trinajstić information content (AvgIpc) is 2.55. The Balaban J connectivity index is 2.48. The smallest absolute Gasteiger partial charge is 0.216 e. The topological polar surface area (TPSA) is 26.3 Å². The largest absolute Gasteiger partial charge is 0.419 e. The third-order valence-electron chi connectivity index (χ3n) is 2.87. The fourth-order valence-electron chi connectivity index (χ4n) is 2.05. The number of para-hydroxylation sites is 2. The number of aryl methyl sites for hydroxylation is 1. The van der Waals surface area contributed by atoms with Gasteiger partial charge in [-0.3, -0.25) is 0 Å². The van der Waals surface area contributed by atoms with E-state index in [-0.39, 0.29) is 0 Å². The van der Waals surface area contributed by atoms with Crippen molar-refractivity contribution < 1.29 is 8.39 Å². The fourth-order valence-corrected chi connectivity index (χ4v) is 3.39. The van der Waals surface area contributed by atoms with Crippen molar-refractivity contribution >= 4 is 30.0 Å². The second-order valence-electron chi connectivity index (χ2n) is 4.23. The number of fused-ring (bicyclic) bond motifs is 3. The van der Waals surface area contributed by atoms with Gasteiger partial charge in [0.05, 0.1) is 6.16 Å². The van der Waals surface area contributed by atoms with Crippen LogP contribution >= 0.6 is 8.01 Å². The molecule has 0 bridgehead atoms. The Hall–Kier alpha value is -1.66. The summed E-state index contributed by atoms with van der Waals surface area (Å²) >= 11 is 0. The van der Waals surface area contributed by atoms with Crippen LogP contribution in [0.1, 0.15) is 13.3 Å². The molecule has 0 saturated carbocycles. The van der Waals surface area contributed by atoms with Crippen LogP contribution in [0.3, 0.4) is 0 Å². The summed E-state index contributed by atoms with van der Waals surface area (Å²) in [6.07, 6.45) is 2.02. The van der Waals surface area contributed by atoms with Gasteiger partial charge in [-0.25, -0.2) is 0 Å². The van der Waals surface area contributed by atoms with Crippen LogP contribution in [0, 0.1) is 0 Å². The zero-order valence-corrected chi connectivity index (χ0v) is 11.2. The predicted octanol–water partition coefficient (Wildman–Crippen LogP) is 5.70. The van der Waals surface area contributed by atoms with Crippen LogP contribution in [0.4, 0.5) is 0 Å². The molecule has 0 aliphatic heterocycles. The van der Waals surface area contributed by atoms with Gasteiger partial charge in [-0.1, -0.05) is 43.3 Å². The van der Waals surface area contributed by atoms with Crippen molar-refractivity contribution in [2.45, 2.75) is 19.5 Å². The number of benzene rings is 2. The van der Waals surface area contributed by atoms with Gasteiger partial charge in [0.15, 0.2) is 0 Å². The van der Waals surface area contributed by atoms with Crippen molar-refractivity contribution in [3.63, 3.8) is 0 Å². The lowest BCUT2D eigenvalue weighted by molar-refractivity contribution is 0.631. The molecule has 3 rings (SSSR count). The predicted molar refractivity (Wildman–Crippen MR) is 76.6 cm³/mol. The maximum Gasteiger partial charge on any atom is 0.216 e. The van der Waals surface area contributed by atoms with E-state index in [0.29, 0.717) is 0 Å². The van der Waals surface area contributed by atoms with Crippen LogP contribution in [-0.2, 0) is 6.16 Å². The second kappa shape index (κ2) is 4.91. The molecule has 0 amide bonds. The van der Waals surface area contributed by atoms with Crippen molar-refractivity contribution in [3.8, 4) is 0 Å². The third-order valence-corrected chi connectivity index (χ3v) is 4.48. The highest BCUT2D eigenvalue weighted by Crippen LogP contribution is 2.36. The summed E-state index contributed by atoms with van der Waals surface area (Å²) in [4.78, 5) is 0. The standard InChI is InChI=1S/C15H15O2P/c1-2-11-18-16-14-9-5-3-7-12(14)13-8-4-6-10-15(13)17-18/h3-10H,2,11H2,1H3. The molecular weight excluding hydrogens is 243 g/mol. The molecule has 3 heteroatoms. The Bertz CT molecular complexity index is 658. The van der Waals surface area contributed by atoms with E-state index in [0.717, 1.165) is 34.5 Å². The zero-order valence-electron chi connectivity index (χ0n) is 10.3. The molecule has 1 heterocycles. The first-order valence-corrected chi connectivity index (χ1v) is 7.56. The van der Waals surface area contributed by atoms with Crippen LogP contribution in [0.15, 0.2) is 56.9 Å². The molecule has 2 nitrogen and oxygen atoms in total. The summed E-state index contributed by atoms with van der Waals surface area (Å²) in [5, 5.41) is 2.24. The van der Waals surface area contributed by atoms with Crippen LogP contribution in [0.25, 0.3) is 21.9 Å². The van der Waals surface area contributed by atoms with Crippen molar-refractivity contribution in [1.82, 2.24) is 0 Å². The summed E-state index contributed by atoms with van der Waals surface area (Å²) in [5.74, 6) is 0. The fraction of sp³-hybridized carbons (Fsp3) is 0.200. The molecule has 0 radical (unpaired) electrons. The van der Waals surface area contributed by atoms with E-state index in [4.69, 9.17) is 8.39 Å². The van der Waals surface area contributed by atoms with Crippen LogP contribution in [0.5, 0.6) is 0 Å². The van der Waals surface area contributed by atoms with Gasteiger partial charge in [-0.15, -0.1) is 0 Å². The molecule has 18 heavy (non-hydrogen) atoms. The van der Waals surface area contributed by atoms with Gasteiger partial charge in [0.25, 0.3) is 0 Å². The highest BCUT2D eigenvalue weighted by molar-refractivity contribution is 7.36. The molecule has 2 aromatic carbocycles. The summed E-state index contributed by atoms with van der Waals surface area (Å²) in [6.45, 7) is 2.15. The van der Waals surface area contributed by atoms with Gasteiger partial charge in [0, 0.05) is 10.8 Å². The molecule has 3 aromatic rings. The number of rotatable bonds is 2. The van der Waals surface area contributed by atoms with Gasteiger partial charge in [0.1, 0.15) is 11.2 Å². The molecule has 0 N–H and O–H groups in total. The van der Waals surface area contributed by atoms with E-state index >= 15 is 0 Å². The van der Waals surface area contributed by atoms with E-state index in [2.05, 4.69) is 19.1 Å². The van der Waals surface area contributed by atoms with E-state index in [9.17, 15) is 0 Å². The minimum atomic E-state index is -0.872. The normalized spacial score (nSPS) is 10.9. The van der Waals surface area contributed by atoms with Crippen molar-refractivity contribution in [1.29, 1.82) is 0 Å². The molecule has 92 valence electrons. The first-order valence-electron chi connectivity index (χ1n) is 6.20. The Morgan fingerprint density at radius 3 is 1.83 bits per heavy atom. The lowest BCUT2D eigenvalue weighted by Gasteiger charge is -1.93. The van der Waals surface area contributed by atoms with Crippen molar-refractivity contribution in [2.75, 3.05) is 0 Å². The van der Waals surface area contributed by atoms with Crippen LogP contribution in [0.2, 0.25) is 0 Å². The highest BCUT2D eigenvalue weighted by Gasteiger charge is 2.04. The van der Waals surface area contributed by atoms with Crippen LogP contribution in [-0.4, -0.2) is 0 Å². The molecule has 0 spiro atoms. The second-order valence-corrected chi connectivity index (χ2v) is 5.71. The lowest BCUT2D eigenvalue weighted by Crippen LogP contribution is -1.69. The van der Waals surface area contributed by atoms with Gasteiger partial charge in [-0.2, -0.15) is 0 Å². The first-order chi connectivity index (χ1) is 8.88. The molecule has 0 atom stereocenters. The minimum absolute atomic E-state index is 0.872. The van der Waals surface area contributed by atoms with E-state index < -0.39 is 8.01 Å². The molecular formula is C15H15O2P. The summed E-state index contributed by atoms with van der Waals surface area (Å²) in [7, 11) is -0.872. The molecule has 0 unspecified atom stereocenters. The van der Waals surface area contributed by atoms with E-state index in [1.54, 1.807) is 0 Å². The summed E-state index contributed by atoms with van der Waals surface area (Å²) in [6, 6.07) is 16.3. The molecule has 0 fully saturated rings.